The van der Waals surface area contributed by atoms with Crippen molar-refractivity contribution in [1.29, 1.82) is 0 Å². The summed E-state index contributed by atoms with van der Waals surface area (Å²) < 4.78 is 41.9. The molecule has 20 heavy (non-hydrogen) atoms. The van der Waals surface area contributed by atoms with Crippen molar-refractivity contribution in [3.63, 3.8) is 0 Å². The average molecular weight is 284 g/mol. The molecule has 1 aromatic heterocycles. The number of aryl methyl sites for hydroxylation is 1. The fourth-order valence-corrected chi connectivity index (χ4v) is 2.09. The van der Waals surface area contributed by atoms with Crippen LogP contribution in [-0.4, -0.2) is 10.2 Å². The molecule has 0 saturated heterocycles. The topological polar surface area (TPSA) is 38.9 Å². The summed E-state index contributed by atoms with van der Waals surface area (Å²) >= 11 is 0. The van der Waals surface area contributed by atoms with Crippen LogP contribution in [0, 0.1) is 6.92 Å². The molecule has 3 nitrogen and oxygen atoms in total. The predicted octanol–water partition coefficient (Wildman–Crippen LogP) is 4.36. The van der Waals surface area contributed by atoms with Crippen molar-refractivity contribution in [3.05, 3.63) is 35.2 Å². The highest BCUT2D eigenvalue weighted by Crippen LogP contribution is 2.32. The Hall–Kier alpha value is -1.85. The third kappa shape index (κ3) is 2.84. The summed E-state index contributed by atoms with van der Waals surface area (Å²) in [6.07, 6.45) is -4.62. The minimum Gasteiger partial charge on any atom is -0.413 e. The summed E-state index contributed by atoms with van der Waals surface area (Å²) in [5.74, 6) is -1.45. The van der Waals surface area contributed by atoms with E-state index in [4.69, 9.17) is 0 Å². The fraction of sp³-hybridized carbons (Fsp3) is 0.429. The van der Waals surface area contributed by atoms with Gasteiger partial charge in [-0.3, -0.25) is 0 Å². The van der Waals surface area contributed by atoms with E-state index in [-0.39, 0.29) is 11.3 Å². The number of hydrogen-bond acceptors (Lipinski definition) is 3. The smallest absolute Gasteiger partial charge is 0.413 e. The Bertz CT molecular complexity index is 624. The van der Waals surface area contributed by atoms with E-state index < -0.39 is 12.1 Å². The van der Waals surface area contributed by atoms with Gasteiger partial charge in [-0.15, -0.1) is 10.2 Å². The maximum absolute atomic E-state index is 12.4. The minimum atomic E-state index is -4.62. The summed E-state index contributed by atoms with van der Waals surface area (Å²) in [4.78, 5) is 0. The lowest BCUT2D eigenvalue weighted by Crippen LogP contribution is -2.12. The molecule has 0 bridgehead atoms. The van der Waals surface area contributed by atoms with Gasteiger partial charge in [0, 0.05) is 5.56 Å². The van der Waals surface area contributed by atoms with Crippen LogP contribution in [0.5, 0.6) is 0 Å². The standard InChI is InChI=1S/C14H15F3N2O/c1-8-7-9(5-6-10(8)13(2,3)4)11-18-19-12(20-11)14(15,16)17/h5-7H,1-4H3. The normalized spacial score (nSPS) is 12.8. The summed E-state index contributed by atoms with van der Waals surface area (Å²) in [5.41, 5.74) is 2.55. The molecule has 0 N–H and O–H groups in total. The summed E-state index contributed by atoms with van der Waals surface area (Å²) in [6.45, 7) is 8.13. The van der Waals surface area contributed by atoms with Gasteiger partial charge in [-0.05, 0) is 35.6 Å². The largest absolute Gasteiger partial charge is 0.470 e. The van der Waals surface area contributed by atoms with Gasteiger partial charge in [0.2, 0.25) is 5.89 Å². The van der Waals surface area contributed by atoms with Crippen molar-refractivity contribution in [1.82, 2.24) is 10.2 Å². The van der Waals surface area contributed by atoms with Crippen molar-refractivity contribution >= 4 is 0 Å². The first-order chi connectivity index (χ1) is 9.09. The van der Waals surface area contributed by atoms with E-state index in [2.05, 4.69) is 35.4 Å². The molecule has 2 aromatic rings. The number of halogens is 3. The highest BCUT2D eigenvalue weighted by atomic mass is 19.4. The Labute approximate surface area is 114 Å². The van der Waals surface area contributed by atoms with Gasteiger partial charge in [-0.1, -0.05) is 26.8 Å². The van der Waals surface area contributed by atoms with Crippen LogP contribution in [0.15, 0.2) is 22.6 Å². The second-order valence-corrected chi connectivity index (χ2v) is 5.69. The molecule has 0 aliphatic rings. The summed E-state index contributed by atoms with van der Waals surface area (Å²) in [5, 5.41) is 6.47. The maximum Gasteiger partial charge on any atom is 0.470 e. The van der Waals surface area contributed by atoms with Crippen LogP contribution in [0.4, 0.5) is 13.2 Å². The molecule has 6 heteroatoms. The Morgan fingerprint density at radius 2 is 1.70 bits per heavy atom. The maximum atomic E-state index is 12.4. The van der Waals surface area contributed by atoms with Gasteiger partial charge >= 0.3 is 12.1 Å². The average Bonchev–Trinajstić information content (AvgIpc) is 2.75. The SMILES string of the molecule is Cc1cc(-c2nnc(C(F)(F)F)o2)ccc1C(C)(C)C. The van der Waals surface area contributed by atoms with Gasteiger partial charge in [0.1, 0.15) is 0 Å². The Morgan fingerprint density at radius 3 is 2.15 bits per heavy atom. The molecule has 0 radical (unpaired) electrons. The number of alkyl halides is 3. The Kier molecular flexibility index (Phi) is 3.36. The van der Waals surface area contributed by atoms with Crippen LogP contribution in [0.25, 0.3) is 11.5 Å². The number of rotatable bonds is 1. The van der Waals surface area contributed by atoms with Gasteiger partial charge in [-0.25, -0.2) is 0 Å². The van der Waals surface area contributed by atoms with Gasteiger partial charge < -0.3 is 4.42 Å². The van der Waals surface area contributed by atoms with Crippen molar-refractivity contribution in [2.45, 2.75) is 39.3 Å². The quantitative estimate of drug-likeness (QED) is 0.781. The fourth-order valence-electron chi connectivity index (χ4n) is 2.09. The molecule has 0 unspecified atom stereocenters. The molecular weight excluding hydrogens is 269 g/mol. The molecule has 0 aliphatic heterocycles. The first kappa shape index (κ1) is 14.6. The molecule has 2 rings (SSSR count). The monoisotopic (exact) mass is 284 g/mol. The Balaban J connectivity index is 2.40. The highest BCUT2D eigenvalue weighted by molar-refractivity contribution is 5.56. The molecule has 0 atom stereocenters. The number of hydrogen-bond donors (Lipinski definition) is 0. The second-order valence-electron chi connectivity index (χ2n) is 5.69. The minimum absolute atomic E-state index is 0.0331. The first-order valence-corrected chi connectivity index (χ1v) is 6.11. The van der Waals surface area contributed by atoms with Crippen LogP contribution in [0.2, 0.25) is 0 Å². The van der Waals surface area contributed by atoms with E-state index in [1.807, 2.05) is 13.0 Å². The van der Waals surface area contributed by atoms with E-state index in [0.717, 1.165) is 11.1 Å². The Morgan fingerprint density at radius 1 is 1.05 bits per heavy atom. The third-order valence-corrected chi connectivity index (χ3v) is 2.95. The zero-order chi connectivity index (χ0) is 15.1. The molecular formula is C14H15F3N2O. The van der Waals surface area contributed by atoms with Gasteiger partial charge in [-0.2, -0.15) is 13.2 Å². The lowest BCUT2D eigenvalue weighted by atomic mass is 9.83. The zero-order valence-corrected chi connectivity index (χ0v) is 11.7. The van der Waals surface area contributed by atoms with Crippen molar-refractivity contribution in [2.24, 2.45) is 0 Å². The molecule has 108 valence electrons. The number of benzene rings is 1. The molecule has 0 fully saturated rings. The molecule has 0 spiro atoms. The molecule has 1 heterocycles. The van der Waals surface area contributed by atoms with Gasteiger partial charge in [0.05, 0.1) is 0 Å². The van der Waals surface area contributed by atoms with Crippen molar-refractivity contribution in [2.75, 3.05) is 0 Å². The van der Waals surface area contributed by atoms with Crippen molar-refractivity contribution < 1.29 is 17.6 Å². The van der Waals surface area contributed by atoms with Crippen molar-refractivity contribution in [3.8, 4) is 11.5 Å². The van der Waals surface area contributed by atoms with Crippen LogP contribution >= 0.6 is 0 Å². The lowest BCUT2D eigenvalue weighted by molar-refractivity contribution is -0.156. The van der Waals surface area contributed by atoms with Crippen LogP contribution in [0.1, 0.15) is 37.8 Å². The van der Waals surface area contributed by atoms with E-state index in [1.165, 1.54) is 0 Å². The van der Waals surface area contributed by atoms with E-state index in [0.29, 0.717) is 5.56 Å². The third-order valence-electron chi connectivity index (χ3n) is 2.95. The van der Waals surface area contributed by atoms with E-state index >= 15 is 0 Å². The zero-order valence-electron chi connectivity index (χ0n) is 11.7. The lowest BCUT2D eigenvalue weighted by Gasteiger charge is -2.21. The predicted molar refractivity (Wildman–Crippen MR) is 68.2 cm³/mol. The van der Waals surface area contributed by atoms with Gasteiger partial charge in [0.15, 0.2) is 0 Å². The molecule has 1 aromatic carbocycles. The molecule has 0 aliphatic carbocycles. The van der Waals surface area contributed by atoms with Gasteiger partial charge in [0.25, 0.3) is 0 Å². The number of aromatic nitrogens is 2. The summed E-state index contributed by atoms with van der Waals surface area (Å²) in [7, 11) is 0. The van der Waals surface area contributed by atoms with E-state index in [9.17, 15) is 13.2 Å². The van der Waals surface area contributed by atoms with E-state index in [1.54, 1.807) is 12.1 Å². The molecule has 0 saturated carbocycles. The second kappa shape index (κ2) is 4.61. The first-order valence-electron chi connectivity index (χ1n) is 6.11. The highest BCUT2D eigenvalue weighted by Gasteiger charge is 2.38. The van der Waals surface area contributed by atoms with Crippen LogP contribution < -0.4 is 0 Å². The molecule has 0 amide bonds. The number of nitrogens with zero attached hydrogens (tertiary/aromatic N) is 2. The van der Waals surface area contributed by atoms with Crippen LogP contribution in [-0.2, 0) is 11.6 Å². The summed E-state index contributed by atoms with van der Waals surface area (Å²) in [6, 6.07) is 5.33. The van der Waals surface area contributed by atoms with Crippen LogP contribution in [0.3, 0.4) is 0 Å².